The Morgan fingerprint density at radius 2 is 2.11 bits per heavy atom. The van der Waals surface area contributed by atoms with Crippen LogP contribution in [-0.4, -0.2) is 32.9 Å². The molecule has 0 aliphatic carbocycles. The van der Waals surface area contributed by atoms with Crippen molar-refractivity contribution in [3.63, 3.8) is 0 Å². The predicted molar refractivity (Wildman–Crippen MR) is 102 cm³/mol. The summed E-state index contributed by atoms with van der Waals surface area (Å²) in [4.78, 5) is 16.4. The summed E-state index contributed by atoms with van der Waals surface area (Å²) in [5.41, 5.74) is 0.720. The number of ether oxygens (including phenoxy) is 1. The third kappa shape index (κ3) is 4.57. The van der Waals surface area contributed by atoms with Gasteiger partial charge in [-0.3, -0.25) is 4.98 Å². The van der Waals surface area contributed by atoms with Gasteiger partial charge in [0.1, 0.15) is 16.5 Å². The largest absolute Gasteiger partial charge is 0.461 e. The van der Waals surface area contributed by atoms with Gasteiger partial charge < -0.3 is 9.26 Å². The maximum absolute atomic E-state index is 12.1. The van der Waals surface area contributed by atoms with Crippen molar-refractivity contribution in [2.45, 2.75) is 45.4 Å². The average molecular weight is 386 g/mol. The third-order valence-electron chi connectivity index (χ3n) is 4.15. The van der Waals surface area contributed by atoms with E-state index in [0.717, 1.165) is 15.7 Å². The summed E-state index contributed by atoms with van der Waals surface area (Å²) in [6, 6.07) is 7.32. The van der Waals surface area contributed by atoms with Crippen molar-refractivity contribution in [2.24, 2.45) is 0 Å². The first-order valence-corrected chi connectivity index (χ1v) is 9.57. The van der Waals surface area contributed by atoms with Crippen LogP contribution in [0.25, 0.3) is 10.7 Å². The van der Waals surface area contributed by atoms with E-state index in [1.165, 1.54) is 11.3 Å². The molecule has 0 fully saturated rings. The molecule has 0 saturated heterocycles. The van der Waals surface area contributed by atoms with Crippen molar-refractivity contribution in [3.8, 4) is 10.7 Å². The van der Waals surface area contributed by atoms with E-state index in [0.29, 0.717) is 12.2 Å². The summed E-state index contributed by atoms with van der Waals surface area (Å²) < 4.78 is 10.5. The minimum atomic E-state index is -0.479. The Bertz CT molecular complexity index is 903. The number of pyridine rings is 1. The molecule has 0 radical (unpaired) electrons. The first-order chi connectivity index (χ1) is 12.9. The van der Waals surface area contributed by atoms with E-state index in [1.54, 1.807) is 12.3 Å². The van der Waals surface area contributed by atoms with Gasteiger partial charge in [0, 0.05) is 23.6 Å². The highest BCUT2D eigenvalue weighted by Gasteiger charge is 2.27. The van der Waals surface area contributed by atoms with Crippen LogP contribution < -0.4 is 0 Å². The lowest BCUT2D eigenvalue weighted by Crippen LogP contribution is -2.21. The summed E-state index contributed by atoms with van der Waals surface area (Å²) in [6.45, 7) is 8.31. The molecule has 0 unspecified atom stereocenters. The fourth-order valence-corrected chi connectivity index (χ4v) is 3.28. The molecule has 7 nitrogen and oxygen atoms in total. The Labute approximate surface area is 161 Å². The molecule has 8 heteroatoms. The second-order valence-corrected chi connectivity index (χ2v) is 8.14. The van der Waals surface area contributed by atoms with Crippen LogP contribution in [0.4, 0.5) is 0 Å². The molecule has 0 aliphatic heterocycles. The van der Waals surface area contributed by atoms with Crippen LogP contribution in [-0.2, 0) is 10.2 Å². The molecule has 0 N–H and O–H groups in total. The quantitative estimate of drug-likeness (QED) is 0.561. The van der Waals surface area contributed by atoms with Gasteiger partial charge in [-0.1, -0.05) is 50.3 Å². The molecule has 3 aromatic rings. The van der Waals surface area contributed by atoms with Crippen LogP contribution in [0.1, 0.15) is 61.3 Å². The molecular weight excluding hydrogens is 364 g/mol. The Morgan fingerprint density at radius 3 is 2.78 bits per heavy atom. The van der Waals surface area contributed by atoms with Gasteiger partial charge in [-0.15, -0.1) is 10.2 Å². The summed E-state index contributed by atoms with van der Waals surface area (Å²) in [5, 5.41) is 14.0. The normalized spacial score (nSPS) is 11.7. The number of rotatable bonds is 7. The van der Waals surface area contributed by atoms with Gasteiger partial charge in [-0.2, -0.15) is 0 Å². The lowest BCUT2D eigenvalue weighted by Gasteiger charge is -2.20. The van der Waals surface area contributed by atoms with Gasteiger partial charge in [0.25, 0.3) is 0 Å². The van der Waals surface area contributed by atoms with Crippen LogP contribution in [0, 0.1) is 0 Å². The van der Waals surface area contributed by atoms with E-state index in [9.17, 15) is 4.79 Å². The number of hydrogen-bond acceptors (Lipinski definition) is 8. The SMILES string of the molecule is CC(C)c1cc(C(=O)OCCC(C)(C)c2nnc(-c3ccccn3)s2)no1. The second kappa shape index (κ2) is 7.96. The summed E-state index contributed by atoms with van der Waals surface area (Å²) in [5.74, 6) is 0.356. The molecule has 0 saturated carbocycles. The number of esters is 1. The topological polar surface area (TPSA) is 91.0 Å². The van der Waals surface area contributed by atoms with E-state index in [4.69, 9.17) is 9.26 Å². The number of aromatic nitrogens is 4. The van der Waals surface area contributed by atoms with E-state index in [2.05, 4.69) is 34.2 Å². The molecule has 3 aromatic heterocycles. The Hall–Kier alpha value is -2.61. The Kier molecular flexibility index (Phi) is 5.65. The fourth-order valence-electron chi connectivity index (χ4n) is 2.33. The standard InChI is InChI=1S/C19H22N4O3S/c1-12(2)15-11-14(23-26-15)17(24)25-10-8-19(3,4)18-22-21-16(27-18)13-7-5-6-9-20-13/h5-7,9,11-12H,8,10H2,1-4H3. The second-order valence-electron chi connectivity index (χ2n) is 7.17. The van der Waals surface area contributed by atoms with Crippen LogP contribution in [0.15, 0.2) is 35.0 Å². The summed E-state index contributed by atoms with van der Waals surface area (Å²) >= 11 is 1.50. The van der Waals surface area contributed by atoms with Crippen molar-refractivity contribution >= 4 is 17.3 Å². The summed E-state index contributed by atoms with van der Waals surface area (Å²) in [7, 11) is 0. The highest BCUT2D eigenvalue weighted by atomic mass is 32.1. The zero-order chi connectivity index (χ0) is 19.4. The molecule has 0 atom stereocenters. The van der Waals surface area contributed by atoms with Crippen LogP contribution >= 0.6 is 11.3 Å². The van der Waals surface area contributed by atoms with Crippen LogP contribution in [0.3, 0.4) is 0 Å². The minimum absolute atomic E-state index is 0.170. The van der Waals surface area contributed by atoms with E-state index < -0.39 is 5.97 Å². The molecule has 0 bridgehead atoms. The zero-order valence-corrected chi connectivity index (χ0v) is 16.6. The van der Waals surface area contributed by atoms with Crippen molar-refractivity contribution in [2.75, 3.05) is 6.61 Å². The molecule has 0 aromatic carbocycles. The number of carbonyl (C=O) groups excluding carboxylic acids is 1. The lowest BCUT2D eigenvalue weighted by molar-refractivity contribution is 0.0468. The summed E-state index contributed by atoms with van der Waals surface area (Å²) in [6.07, 6.45) is 2.35. The number of nitrogens with zero attached hydrogens (tertiary/aromatic N) is 4. The highest BCUT2D eigenvalue weighted by molar-refractivity contribution is 7.14. The Morgan fingerprint density at radius 1 is 1.30 bits per heavy atom. The predicted octanol–water partition coefficient (Wildman–Crippen LogP) is 4.24. The molecule has 0 aliphatic rings. The van der Waals surface area contributed by atoms with Crippen LogP contribution in [0.2, 0.25) is 0 Å². The average Bonchev–Trinajstić information content (AvgIpc) is 3.32. The minimum Gasteiger partial charge on any atom is -0.461 e. The number of hydrogen-bond donors (Lipinski definition) is 0. The first-order valence-electron chi connectivity index (χ1n) is 8.76. The molecule has 3 heterocycles. The van der Waals surface area contributed by atoms with E-state index in [-0.39, 0.29) is 23.6 Å². The van der Waals surface area contributed by atoms with E-state index >= 15 is 0 Å². The van der Waals surface area contributed by atoms with E-state index in [1.807, 2.05) is 32.0 Å². The molecular formula is C19H22N4O3S. The molecule has 0 amide bonds. The monoisotopic (exact) mass is 386 g/mol. The maximum atomic E-state index is 12.1. The lowest BCUT2D eigenvalue weighted by atomic mass is 9.91. The van der Waals surface area contributed by atoms with Crippen molar-refractivity contribution in [1.29, 1.82) is 0 Å². The van der Waals surface area contributed by atoms with Crippen molar-refractivity contribution in [1.82, 2.24) is 20.3 Å². The molecule has 0 spiro atoms. The molecule has 27 heavy (non-hydrogen) atoms. The van der Waals surface area contributed by atoms with Gasteiger partial charge >= 0.3 is 5.97 Å². The molecule has 142 valence electrons. The van der Waals surface area contributed by atoms with Gasteiger partial charge in [-0.25, -0.2) is 4.79 Å². The molecule has 3 rings (SSSR count). The maximum Gasteiger partial charge on any atom is 0.360 e. The van der Waals surface area contributed by atoms with Gasteiger partial charge in [0.15, 0.2) is 10.7 Å². The van der Waals surface area contributed by atoms with Crippen molar-refractivity contribution < 1.29 is 14.1 Å². The Balaban J connectivity index is 1.58. The van der Waals surface area contributed by atoms with Gasteiger partial charge in [0.05, 0.1) is 6.61 Å². The van der Waals surface area contributed by atoms with Crippen LogP contribution in [0.5, 0.6) is 0 Å². The zero-order valence-electron chi connectivity index (χ0n) is 15.8. The third-order valence-corrected chi connectivity index (χ3v) is 5.47. The van der Waals surface area contributed by atoms with Gasteiger partial charge in [0.2, 0.25) is 0 Å². The first kappa shape index (κ1) is 19.2. The van der Waals surface area contributed by atoms with Crippen molar-refractivity contribution in [3.05, 3.63) is 46.9 Å². The number of carbonyl (C=O) groups is 1. The van der Waals surface area contributed by atoms with Gasteiger partial charge in [-0.05, 0) is 18.6 Å². The highest BCUT2D eigenvalue weighted by Crippen LogP contribution is 2.32. The smallest absolute Gasteiger partial charge is 0.360 e. The fraction of sp³-hybridized carbons (Fsp3) is 0.421.